The Labute approximate surface area is 213 Å². The molecule has 3 aromatic carbocycles. The molecule has 0 saturated carbocycles. The SMILES string of the molecule is Cc1ccc(N2CCN(CCNC(=O)c3cc(-c4ccccc4)n(-c4ccccc4)n3)CC2)c(C)c1. The topological polar surface area (TPSA) is 53.4 Å². The molecule has 0 atom stereocenters. The number of hydrogen-bond acceptors (Lipinski definition) is 4. The molecule has 1 N–H and O–H groups in total. The minimum atomic E-state index is -0.143. The van der Waals surface area contributed by atoms with Crippen LogP contribution in [0.3, 0.4) is 0 Å². The molecule has 36 heavy (non-hydrogen) atoms. The van der Waals surface area contributed by atoms with Crippen molar-refractivity contribution in [1.82, 2.24) is 20.0 Å². The highest BCUT2D eigenvalue weighted by molar-refractivity contribution is 5.93. The van der Waals surface area contributed by atoms with E-state index >= 15 is 0 Å². The maximum Gasteiger partial charge on any atom is 0.271 e. The van der Waals surface area contributed by atoms with Gasteiger partial charge in [-0.1, -0.05) is 66.2 Å². The second kappa shape index (κ2) is 10.8. The van der Waals surface area contributed by atoms with Gasteiger partial charge in [0.2, 0.25) is 0 Å². The minimum Gasteiger partial charge on any atom is -0.369 e. The Bertz CT molecular complexity index is 1250. The van der Waals surface area contributed by atoms with Crippen LogP contribution in [0, 0.1) is 13.8 Å². The van der Waals surface area contributed by atoms with E-state index in [0.717, 1.165) is 49.7 Å². The maximum atomic E-state index is 13.0. The molecule has 0 unspecified atom stereocenters. The van der Waals surface area contributed by atoms with E-state index in [0.29, 0.717) is 12.2 Å². The predicted molar refractivity (Wildman–Crippen MR) is 146 cm³/mol. The number of hydrogen-bond donors (Lipinski definition) is 1. The first kappa shape index (κ1) is 23.8. The second-order valence-corrected chi connectivity index (χ2v) is 9.40. The van der Waals surface area contributed by atoms with Crippen molar-refractivity contribution in [1.29, 1.82) is 0 Å². The quantitative estimate of drug-likeness (QED) is 0.417. The summed E-state index contributed by atoms with van der Waals surface area (Å²) in [7, 11) is 0. The molecule has 2 heterocycles. The summed E-state index contributed by atoms with van der Waals surface area (Å²) < 4.78 is 1.84. The van der Waals surface area contributed by atoms with Gasteiger partial charge in [0.25, 0.3) is 5.91 Å². The lowest BCUT2D eigenvalue weighted by molar-refractivity contribution is 0.0942. The molecule has 5 rings (SSSR count). The van der Waals surface area contributed by atoms with Crippen LogP contribution in [0.1, 0.15) is 21.6 Å². The Balaban J connectivity index is 1.19. The Morgan fingerprint density at radius 3 is 2.25 bits per heavy atom. The summed E-state index contributed by atoms with van der Waals surface area (Å²) in [4.78, 5) is 17.9. The van der Waals surface area contributed by atoms with Gasteiger partial charge in [0.05, 0.1) is 11.4 Å². The molecule has 1 aliphatic heterocycles. The lowest BCUT2D eigenvalue weighted by atomic mass is 10.1. The molecule has 1 aliphatic rings. The lowest BCUT2D eigenvalue weighted by Crippen LogP contribution is -2.48. The van der Waals surface area contributed by atoms with Crippen LogP contribution in [-0.2, 0) is 0 Å². The smallest absolute Gasteiger partial charge is 0.271 e. The Hall–Kier alpha value is -3.90. The molecule has 4 aromatic rings. The van der Waals surface area contributed by atoms with Gasteiger partial charge in [-0.2, -0.15) is 5.10 Å². The first-order valence-electron chi connectivity index (χ1n) is 12.6. The van der Waals surface area contributed by atoms with Crippen LogP contribution >= 0.6 is 0 Å². The number of amides is 1. The Morgan fingerprint density at radius 1 is 0.861 bits per heavy atom. The van der Waals surface area contributed by atoms with Crippen molar-refractivity contribution in [3.8, 4) is 16.9 Å². The van der Waals surface area contributed by atoms with Crippen molar-refractivity contribution < 1.29 is 4.79 Å². The number of carbonyl (C=O) groups excluding carboxylic acids is 1. The van der Waals surface area contributed by atoms with E-state index in [1.54, 1.807) is 0 Å². The molecular weight excluding hydrogens is 446 g/mol. The van der Waals surface area contributed by atoms with E-state index in [9.17, 15) is 4.79 Å². The van der Waals surface area contributed by atoms with Gasteiger partial charge in [0, 0.05) is 50.5 Å². The van der Waals surface area contributed by atoms with E-state index < -0.39 is 0 Å². The molecule has 184 valence electrons. The highest BCUT2D eigenvalue weighted by Gasteiger charge is 2.20. The monoisotopic (exact) mass is 479 g/mol. The predicted octanol–water partition coefficient (Wildman–Crippen LogP) is 4.71. The summed E-state index contributed by atoms with van der Waals surface area (Å²) in [6.45, 7) is 9.73. The number of rotatable bonds is 7. The zero-order valence-electron chi connectivity index (χ0n) is 21.0. The van der Waals surface area contributed by atoms with Crippen molar-refractivity contribution >= 4 is 11.6 Å². The highest BCUT2D eigenvalue weighted by atomic mass is 16.1. The van der Waals surface area contributed by atoms with E-state index in [1.807, 2.05) is 71.4 Å². The molecule has 0 bridgehead atoms. The Morgan fingerprint density at radius 2 is 1.56 bits per heavy atom. The van der Waals surface area contributed by atoms with Gasteiger partial charge in [-0.15, -0.1) is 0 Å². The average molecular weight is 480 g/mol. The number of benzene rings is 3. The fraction of sp³-hybridized carbons (Fsp3) is 0.267. The third-order valence-corrected chi connectivity index (χ3v) is 6.79. The largest absolute Gasteiger partial charge is 0.369 e. The second-order valence-electron chi connectivity index (χ2n) is 9.40. The third-order valence-electron chi connectivity index (χ3n) is 6.79. The molecule has 1 amide bonds. The van der Waals surface area contributed by atoms with Gasteiger partial charge in [-0.05, 0) is 43.7 Å². The fourth-order valence-electron chi connectivity index (χ4n) is 4.86. The van der Waals surface area contributed by atoms with Crippen LogP contribution in [0.25, 0.3) is 16.9 Å². The average Bonchev–Trinajstić information content (AvgIpc) is 3.36. The standard InChI is InChI=1S/C30H33N5O/c1-23-13-14-28(24(2)21-23)34-19-17-33(18-20-34)16-15-31-30(36)27-22-29(25-9-5-3-6-10-25)35(32-27)26-11-7-4-8-12-26/h3-14,21-22H,15-20H2,1-2H3,(H,31,36). The van der Waals surface area contributed by atoms with Gasteiger partial charge in [0.15, 0.2) is 5.69 Å². The number of para-hydroxylation sites is 1. The highest BCUT2D eigenvalue weighted by Crippen LogP contribution is 2.24. The number of nitrogens with one attached hydrogen (secondary N) is 1. The van der Waals surface area contributed by atoms with Crippen LogP contribution in [0.2, 0.25) is 0 Å². The van der Waals surface area contributed by atoms with Crippen molar-refractivity contribution in [2.24, 2.45) is 0 Å². The first-order valence-corrected chi connectivity index (χ1v) is 12.6. The van der Waals surface area contributed by atoms with E-state index in [1.165, 1.54) is 16.8 Å². The van der Waals surface area contributed by atoms with Crippen molar-refractivity contribution in [2.75, 3.05) is 44.2 Å². The molecule has 6 heteroatoms. The minimum absolute atomic E-state index is 0.143. The van der Waals surface area contributed by atoms with Gasteiger partial charge in [0.1, 0.15) is 0 Å². The number of nitrogens with zero attached hydrogens (tertiary/aromatic N) is 4. The first-order chi connectivity index (χ1) is 17.6. The molecule has 1 aromatic heterocycles. The summed E-state index contributed by atoms with van der Waals surface area (Å²) in [5, 5.41) is 7.74. The number of aromatic nitrogens is 2. The van der Waals surface area contributed by atoms with Crippen molar-refractivity contribution in [3.05, 3.63) is 102 Å². The van der Waals surface area contributed by atoms with Crippen LogP contribution in [-0.4, -0.2) is 59.9 Å². The van der Waals surface area contributed by atoms with Crippen LogP contribution < -0.4 is 10.2 Å². The lowest BCUT2D eigenvalue weighted by Gasteiger charge is -2.36. The van der Waals surface area contributed by atoms with Gasteiger partial charge in [-0.3, -0.25) is 9.69 Å². The molecule has 0 radical (unpaired) electrons. The van der Waals surface area contributed by atoms with Gasteiger partial charge < -0.3 is 10.2 Å². The summed E-state index contributed by atoms with van der Waals surface area (Å²) >= 11 is 0. The summed E-state index contributed by atoms with van der Waals surface area (Å²) in [6, 6.07) is 28.5. The normalized spacial score (nSPS) is 14.1. The molecule has 0 spiro atoms. The number of aryl methyl sites for hydroxylation is 2. The third kappa shape index (κ3) is 5.34. The number of anilines is 1. The Kier molecular flexibility index (Phi) is 7.14. The molecular formula is C30H33N5O. The van der Waals surface area contributed by atoms with Crippen LogP contribution in [0.4, 0.5) is 5.69 Å². The van der Waals surface area contributed by atoms with Crippen molar-refractivity contribution in [3.63, 3.8) is 0 Å². The molecule has 6 nitrogen and oxygen atoms in total. The van der Waals surface area contributed by atoms with E-state index in [2.05, 4.69) is 52.3 Å². The van der Waals surface area contributed by atoms with Crippen LogP contribution in [0.15, 0.2) is 84.9 Å². The van der Waals surface area contributed by atoms with E-state index in [-0.39, 0.29) is 5.91 Å². The fourth-order valence-corrected chi connectivity index (χ4v) is 4.86. The molecule has 0 aliphatic carbocycles. The van der Waals surface area contributed by atoms with Crippen molar-refractivity contribution in [2.45, 2.75) is 13.8 Å². The summed E-state index contributed by atoms with van der Waals surface area (Å²) in [6.07, 6.45) is 0. The van der Waals surface area contributed by atoms with E-state index in [4.69, 9.17) is 0 Å². The summed E-state index contributed by atoms with van der Waals surface area (Å²) in [5.74, 6) is -0.143. The van der Waals surface area contributed by atoms with Crippen LogP contribution in [0.5, 0.6) is 0 Å². The number of carbonyl (C=O) groups is 1. The number of piperazine rings is 1. The van der Waals surface area contributed by atoms with Gasteiger partial charge >= 0.3 is 0 Å². The zero-order chi connectivity index (χ0) is 24.9. The van der Waals surface area contributed by atoms with Gasteiger partial charge in [-0.25, -0.2) is 4.68 Å². The zero-order valence-corrected chi connectivity index (χ0v) is 21.0. The molecule has 1 fully saturated rings. The summed E-state index contributed by atoms with van der Waals surface area (Å²) in [5.41, 5.74) is 7.24. The molecule has 1 saturated heterocycles. The maximum absolute atomic E-state index is 13.0.